The molecule has 0 saturated carbocycles. The zero-order chi connectivity index (χ0) is 14.5. The van der Waals surface area contributed by atoms with E-state index in [0.717, 1.165) is 0 Å². The molecule has 3 aromatic rings. The van der Waals surface area contributed by atoms with Crippen molar-refractivity contribution in [1.29, 1.82) is 0 Å². The fourth-order valence-electron chi connectivity index (χ4n) is 2.23. The molecule has 0 atom stereocenters. The van der Waals surface area contributed by atoms with Crippen LogP contribution >= 0.6 is 0 Å². The predicted octanol–water partition coefficient (Wildman–Crippen LogP) is 1.58. The van der Waals surface area contributed by atoms with Gasteiger partial charge in [0.2, 0.25) is 0 Å². The van der Waals surface area contributed by atoms with Crippen molar-refractivity contribution in [2.24, 2.45) is 0 Å². The zero-order valence-electron chi connectivity index (χ0n) is 11.9. The quantitative estimate of drug-likeness (QED) is 0.528. The molecule has 104 valence electrons. The molecule has 0 heterocycles. The first-order valence-corrected chi connectivity index (χ1v) is 12.9. The van der Waals surface area contributed by atoms with Gasteiger partial charge in [0, 0.05) is 0 Å². The van der Waals surface area contributed by atoms with Crippen LogP contribution in [0.3, 0.4) is 0 Å². The monoisotopic (exact) mass is 455 g/mol. The molecule has 0 amide bonds. The Morgan fingerprint density at radius 1 is 0.571 bits per heavy atom. The maximum atomic E-state index is 2.36. The van der Waals surface area contributed by atoms with Crippen LogP contribution in [0.2, 0.25) is 4.97 Å². The van der Waals surface area contributed by atoms with Crippen LogP contribution in [-0.2, 0) is 0 Å². The van der Waals surface area contributed by atoms with Crippen LogP contribution in [0, 0.1) is 0 Å². The van der Waals surface area contributed by atoms with E-state index in [1.807, 2.05) is 0 Å². The Balaban J connectivity index is 2.07. The van der Waals surface area contributed by atoms with Crippen molar-refractivity contribution in [1.82, 2.24) is 0 Å². The van der Waals surface area contributed by atoms with E-state index in [-0.39, 0.29) is 20.9 Å². The molecule has 0 N–H and O–H groups in total. The average molecular weight is 452 g/mol. The van der Waals surface area contributed by atoms with Gasteiger partial charge in [-0.2, -0.15) is 0 Å². The van der Waals surface area contributed by atoms with Crippen LogP contribution in [0.15, 0.2) is 84.9 Å². The second-order valence-corrected chi connectivity index (χ2v) is 11.4. The molecule has 0 saturated heterocycles. The Bertz CT molecular complexity index is 638. The van der Waals surface area contributed by atoms with Crippen LogP contribution in [0.1, 0.15) is 0 Å². The van der Waals surface area contributed by atoms with Gasteiger partial charge in [0.15, 0.2) is 0 Å². The third kappa shape index (κ3) is 3.60. The van der Waals surface area contributed by atoms with Crippen LogP contribution in [0.25, 0.3) is 0 Å². The summed E-state index contributed by atoms with van der Waals surface area (Å²) >= 11 is -1.15. The van der Waals surface area contributed by atoms with Crippen molar-refractivity contribution >= 4 is 51.8 Å². The van der Waals surface area contributed by atoms with Gasteiger partial charge in [-0.15, -0.1) is 0 Å². The molecule has 2 heteroatoms. The zero-order valence-corrected chi connectivity index (χ0v) is 15.9. The van der Waals surface area contributed by atoms with E-state index in [2.05, 4.69) is 89.9 Å². The van der Waals surface area contributed by atoms with Crippen molar-refractivity contribution in [3.8, 4) is 0 Å². The number of hydrogen-bond donors (Lipinski definition) is 0. The van der Waals surface area contributed by atoms with Crippen LogP contribution in [-0.4, -0.2) is 34.8 Å². The van der Waals surface area contributed by atoms with Gasteiger partial charge in [0.25, 0.3) is 0 Å². The molecule has 0 aliphatic carbocycles. The molecule has 0 unspecified atom stereocenters. The van der Waals surface area contributed by atoms with Crippen molar-refractivity contribution in [2.75, 3.05) is 0 Å². The molecule has 0 fully saturated rings. The van der Waals surface area contributed by atoms with E-state index in [1.54, 1.807) is 0 Å². The van der Waals surface area contributed by atoms with Crippen LogP contribution in [0.4, 0.5) is 0 Å². The minimum absolute atomic E-state index is 0.0132. The van der Waals surface area contributed by atoms with Gasteiger partial charge in [-0.05, 0) is 0 Å². The standard InChI is InChI=1S/C19H17SeTe/c1-21-19-14-12-18(13-15-19)20(16-8-4-2-5-9-16)17-10-6-3-7-11-17/h2-15H,1H3/q+1. The summed E-state index contributed by atoms with van der Waals surface area (Å²) in [5.41, 5.74) is 0. The minimum atomic E-state index is -1.16. The summed E-state index contributed by atoms with van der Waals surface area (Å²) in [5.74, 6) is 0. The number of hydrogen-bond acceptors (Lipinski definition) is 0. The molecule has 21 heavy (non-hydrogen) atoms. The Hall–Kier alpha value is -1.03. The van der Waals surface area contributed by atoms with E-state index in [0.29, 0.717) is 0 Å². The van der Waals surface area contributed by atoms with E-state index in [9.17, 15) is 0 Å². The van der Waals surface area contributed by atoms with Gasteiger partial charge in [-0.1, -0.05) is 0 Å². The molecular weight excluding hydrogens is 435 g/mol. The summed E-state index contributed by atoms with van der Waals surface area (Å²) in [4.78, 5) is 2.34. The summed E-state index contributed by atoms with van der Waals surface area (Å²) < 4.78 is 5.99. The summed E-state index contributed by atoms with van der Waals surface area (Å²) in [6.45, 7) is 0. The van der Waals surface area contributed by atoms with Gasteiger partial charge in [-0.25, -0.2) is 0 Å². The topological polar surface area (TPSA) is 0 Å². The first-order chi connectivity index (χ1) is 10.4. The molecule has 0 aromatic heterocycles. The predicted molar refractivity (Wildman–Crippen MR) is 95.2 cm³/mol. The Labute approximate surface area is 141 Å². The van der Waals surface area contributed by atoms with Crippen LogP contribution < -0.4 is 17.0 Å². The fraction of sp³-hybridized carbons (Fsp3) is 0.0526. The van der Waals surface area contributed by atoms with Crippen molar-refractivity contribution in [3.05, 3.63) is 84.9 Å². The summed E-state index contributed by atoms with van der Waals surface area (Å²) in [7, 11) is 0. The third-order valence-electron chi connectivity index (χ3n) is 3.25. The molecule has 0 aliphatic rings. The molecule has 3 aromatic carbocycles. The maximum absolute atomic E-state index is 2.36. The van der Waals surface area contributed by atoms with Crippen molar-refractivity contribution in [2.45, 2.75) is 4.97 Å². The van der Waals surface area contributed by atoms with Gasteiger partial charge >= 0.3 is 142 Å². The SMILES string of the molecule is C[Te]c1ccc([Se+](c2ccccc2)c2ccccc2)cc1. The van der Waals surface area contributed by atoms with Gasteiger partial charge in [0.1, 0.15) is 0 Å². The second-order valence-electron chi connectivity index (χ2n) is 4.61. The Morgan fingerprint density at radius 2 is 1.00 bits per heavy atom. The molecule has 0 spiro atoms. The van der Waals surface area contributed by atoms with Crippen molar-refractivity contribution in [3.63, 3.8) is 0 Å². The third-order valence-corrected chi connectivity index (χ3v) is 10.1. The molecule has 0 aliphatic heterocycles. The Morgan fingerprint density at radius 3 is 1.43 bits per heavy atom. The summed E-state index contributed by atoms with van der Waals surface area (Å²) in [5, 5.41) is 0. The molecule has 0 nitrogen and oxygen atoms in total. The van der Waals surface area contributed by atoms with Crippen LogP contribution in [0.5, 0.6) is 0 Å². The molecule has 3 rings (SSSR count). The first kappa shape index (κ1) is 14.9. The van der Waals surface area contributed by atoms with E-state index >= 15 is 0 Å². The second kappa shape index (κ2) is 7.30. The normalized spacial score (nSPS) is 10.8. The summed E-state index contributed by atoms with van der Waals surface area (Å²) in [6.07, 6.45) is 0. The Kier molecular flexibility index (Phi) is 5.17. The van der Waals surface area contributed by atoms with E-state index in [1.165, 1.54) is 17.0 Å². The first-order valence-electron chi connectivity index (χ1n) is 6.87. The van der Waals surface area contributed by atoms with Gasteiger partial charge in [0.05, 0.1) is 0 Å². The van der Waals surface area contributed by atoms with E-state index < -0.39 is 13.9 Å². The van der Waals surface area contributed by atoms with Gasteiger partial charge < -0.3 is 0 Å². The van der Waals surface area contributed by atoms with E-state index in [4.69, 9.17) is 0 Å². The molecular formula is C19H17SeTe+. The number of rotatable bonds is 4. The molecule has 0 radical (unpaired) electrons. The molecule has 0 bridgehead atoms. The summed E-state index contributed by atoms with van der Waals surface area (Å²) in [6, 6.07) is 31.3. The van der Waals surface area contributed by atoms with Gasteiger partial charge in [-0.3, -0.25) is 0 Å². The average Bonchev–Trinajstić information content (AvgIpc) is 2.58. The number of benzene rings is 3. The fourth-order valence-corrected chi connectivity index (χ4v) is 7.77. The van der Waals surface area contributed by atoms with Crippen molar-refractivity contribution < 1.29 is 0 Å².